The maximum atomic E-state index is 5.66. The standard InChI is InChI=1S/C7H15N5O/c1-3-13-5-4-12-7(6(2)8)9-10-11-12/h6H,3-5,8H2,1-2H3. The van der Waals surface area contributed by atoms with Crippen molar-refractivity contribution in [3.8, 4) is 0 Å². The van der Waals surface area contributed by atoms with Crippen molar-refractivity contribution in [1.82, 2.24) is 20.2 Å². The number of tetrazole rings is 1. The topological polar surface area (TPSA) is 78.8 Å². The highest BCUT2D eigenvalue weighted by Crippen LogP contribution is 2.02. The van der Waals surface area contributed by atoms with Gasteiger partial charge in [-0.1, -0.05) is 0 Å². The first-order valence-corrected chi connectivity index (χ1v) is 4.35. The van der Waals surface area contributed by atoms with Gasteiger partial charge >= 0.3 is 0 Å². The minimum absolute atomic E-state index is 0.142. The average Bonchev–Trinajstić information content (AvgIpc) is 2.53. The van der Waals surface area contributed by atoms with Gasteiger partial charge in [0, 0.05) is 6.61 Å². The number of nitrogens with two attached hydrogens (primary N) is 1. The van der Waals surface area contributed by atoms with Gasteiger partial charge < -0.3 is 10.5 Å². The van der Waals surface area contributed by atoms with Gasteiger partial charge in [0.25, 0.3) is 0 Å². The SMILES string of the molecule is CCOCCn1nnnc1C(C)N. The number of aromatic nitrogens is 4. The summed E-state index contributed by atoms with van der Waals surface area (Å²) in [7, 11) is 0. The quantitative estimate of drug-likeness (QED) is 0.639. The molecule has 1 rings (SSSR count). The molecule has 6 heteroatoms. The molecule has 1 unspecified atom stereocenters. The lowest BCUT2D eigenvalue weighted by Crippen LogP contribution is -2.16. The van der Waals surface area contributed by atoms with Gasteiger partial charge in [-0.2, -0.15) is 0 Å². The van der Waals surface area contributed by atoms with Gasteiger partial charge in [0.15, 0.2) is 5.82 Å². The Morgan fingerprint density at radius 2 is 2.38 bits per heavy atom. The summed E-state index contributed by atoms with van der Waals surface area (Å²) in [6.07, 6.45) is 0. The molecule has 0 saturated heterocycles. The Bertz CT molecular complexity index is 247. The molecule has 0 aliphatic carbocycles. The predicted molar refractivity (Wildman–Crippen MR) is 46.9 cm³/mol. The third-order valence-electron chi connectivity index (χ3n) is 1.62. The zero-order chi connectivity index (χ0) is 9.68. The highest BCUT2D eigenvalue weighted by Gasteiger charge is 2.09. The van der Waals surface area contributed by atoms with Gasteiger partial charge in [-0.15, -0.1) is 5.10 Å². The minimum Gasteiger partial charge on any atom is -0.380 e. The van der Waals surface area contributed by atoms with E-state index in [1.807, 2.05) is 13.8 Å². The second-order valence-corrected chi connectivity index (χ2v) is 2.75. The molecule has 0 amide bonds. The van der Waals surface area contributed by atoms with E-state index in [1.54, 1.807) is 4.68 Å². The third-order valence-corrected chi connectivity index (χ3v) is 1.62. The van der Waals surface area contributed by atoms with E-state index in [9.17, 15) is 0 Å². The van der Waals surface area contributed by atoms with Gasteiger partial charge in [-0.25, -0.2) is 4.68 Å². The smallest absolute Gasteiger partial charge is 0.167 e. The van der Waals surface area contributed by atoms with Gasteiger partial charge in [-0.3, -0.25) is 0 Å². The molecule has 0 radical (unpaired) electrons. The summed E-state index contributed by atoms with van der Waals surface area (Å²) >= 11 is 0. The lowest BCUT2D eigenvalue weighted by atomic mass is 10.3. The summed E-state index contributed by atoms with van der Waals surface area (Å²) < 4.78 is 6.85. The van der Waals surface area contributed by atoms with E-state index in [-0.39, 0.29) is 6.04 Å². The highest BCUT2D eigenvalue weighted by atomic mass is 16.5. The number of rotatable bonds is 5. The van der Waals surface area contributed by atoms with Crippen LogP contribution >= 0.6 is 0 Å². The number of ether oxygens (including phenoxy) is 1. The molecule has 1 aromatic heterocycles. The summed E-state index contributed by atoms with van der Waals surface area (Å²) in [5.41, 5.74) is 5.66. The van der Waals surface area contributed by atoms with Crippen LogP contribution in [0.25, 0.3) is 0 Å². The molecular formula is C7H15N5O. The van der Waals surface area contributed by atoms with E-state index >= 15 is 0 Å². The van der Waals surface area contributed by atoms with Crippen molar-refractivity contribution in [2.24, 2.45) is 5.73 Å². The monoisotopic (exact) mass is 185 g/mol. The van der Waals surface area contributed by atoms with Crippen LogP contribution in [0.15, 0.2) is 0 Å². The summed E-state index contributed by atoms with van der Waals surface area (Å²) in [6.45, 7) is 5.77. The van der Waals surface area contributed by atoms with Crippen molar-refractivity contribution >= 4 is 0 Å². The maximum Gasteiger partial charge on any atom is 0.167 e. The van der Waals surface area contributed by atoms with Gasteiger partial charge in [0.1, 0.15) is 0 Å². The number of hydrogen-bond donors (Lipinski definition) is 1. The molecule has 1 heterocycles. The Morgan fingerprint density at radius 1 is 1.62 bits per heavy atom. The van der Waals surface area contributed by atoms with Crippen LogP contribution in [0.2, 0.25) is 0 Å². The molecule has 2 N–H and O–H groups in total. The Kier molecular flexibility index (Phi) is 3.78. The Balaban J connectivity index is 2.50. The Hall–Kier alpha value is -1.01. The molecule has 13 heavy (non-hydrogen) atoms. The second-order valence-electron chi connectivity index (χ2n) is 2.75. The van der Waals surface area contributed by atoms with Crippen LogP contribution in [0.5, 0.6) is 0 Å². The molecule has 1 atom stereocenters. The minimum atomic E-state index is -0.142. The van der Waals surface area contributed by atoms with Crippen LogP contribution in [-0.4, -0.2) is 33.4 Å². The molecular weight excluding hydrogens is 170 g/mol. The van der Waals surface area contributed by atoms with Crippen molar-refractivity contribution in [2.75, 3.05) is 13.2 Å². The first kappa shape index (κ1) is 10.1. The van der Waals surface area contributed by atoms with E-state index in [0.29, 0.717) is 25.6 Å². The maximum absolute atomic E-state index is 5.66. The first-order chi connectivity index (χ1) is 6.25. The van der Waals surface area contributed by atoms with Crippen molar-refractivity contribution in [2.45, 2.75) is 26.4 Å². The molecule has 0 aromatic carbocycles. The molecule has 1 aromatic rings. The summed E-state index contributed by atoms with van der Waals surface area (Å²) in [5.74, 6) is 0.694. The zero-order valence-electron chi connectivity index (χ0n) is 7.97. The molecule has 0 fully saturated rings. The lowest BCUT2D eigenvalue weighted by molar-refractivity contribution is 0.135. The van der Waals surface area contributed by atoms with E-state index < -0.39 is 0 Å². The van der Waals surface area contributed by atoms with Gasteiger partial charge in [-0.05, 0) is 24.3 Å². The second kappa shape index (κ2) is 4.88. The molecule has 0 aliphatic heterocycles. The molecule has 74 valence electrons. The summed E-state index contributed by atoms with van der Waals surface area (Å²) in [5, 5.41) is 11.2. The fraction of sp³-hybridized carbons (Fsp3) is 0.857. The van der Waals surface area contributed by atoms with Crippen LogP contribution in [0.1, 0.15) is 25.7 Å². The largest absolute Gasteiger partial charge is 0.380 e. The normalized spacial score (nSPS) is 13.2. The number of hydrogen-bond acceptors (Lipinski definition) is 5. The van der Waals surface area contributed by atoms with Crippen LogP contribution in [0.3, 0.4) is 0 Å². The molecule has 0 saturated carbocycles. The van der Waals surface area contributed by atoms with Crippen molar-refractivity contribution < 1.29 is 4.74 Å². The molecule has 0 spiro atoms. The molecule has 0 aliphatic rings. The van der Waals surface area contributed by atoms with E-state index in [0.717, 1.165) is 0 Å². The van der Waals surface area contributed by atoms with E-state index in [4.69, 9.17) is 10.5 Å². The van der Waals surface area contributed by atoms with E-state index in [2.05, 4.69) is 15.5 Å². The Morgan fingerprint density at radius 3 is 3.00 bits per heavy atom. The highest BCUT2D eigenvalue weighted by molar-refractivity contribution is 4.86. The van der Waals surface area contributed by atoms with Crippen molar-refractivity contribution in [3.63, 3.8) is 0 Å². The average molecular weight is 185 g/mol. The van der Waals surface area contributed by atoms with Gasteiger partial charge in [0.2, 0.25) is 0 Å². The van der Waals surface area contributed by atoms with Crippen molar-refractivity contribution in [1.29, 1.82) is 0 Å². The number of nitrogens with zero attached hydrogens (tertiary/aromatic N) is 4. The third kappa shape index (κ3) is 2.74. The van der Waals surface area contributed by atoms with Crippen LogP contribution in [-0.2, 0) is 11.3 Å². The molecule has 6 nitrogen and oxygen atoms in total. The first-order valence-electron chi connectivity index (χ1n) is 4.35. The van der Waals surface area contributed by atoms with Crippen LogP contribution in [0, 0.1) is 0 Å². The summed E-state index contributed by atoms with van der Waals surface area (Å²) in [4.78, 5) is 0. The molecule has 0 bridgehead atoms. The summed E-state index contributed by atoms with van der Waals surface area (Å²) in [6, 6.07) is -0.142. The van der Waals surface area contributed by atoms with Crippen molar-refractivity contribution in [3.05, 3.63) is 5.82 Å². The van der Waals surface area contributed by atoms with Crippen LogP contribution < -0.4 is 5.73 Å². The van der Waals surface area contributed by atoms with Gasteiger partial charge in [0.05, 0.1) is 19.2 Å². The Labute approximate surface area is 77.1 Å². The van der Waals surface area contributed by atoms with Crippen LogP contribution in [0.4, 0.5) is 0 Å². The van der Waals surface area contributed by atoms with E-state index in [1.165, 1.54) is 0 Å². The fourth-order valence-electron chi connectivity index (χ4n) is 0.992. The predicted octanol–water partition coefficient (Wildman–Crippen LogP) is -0.271. The lowest BCUT2D eigenvalue weighted by Gasteiger charge is -2.06. The zero-order valence-corrected chi connectivity index (χ0v) is 7.97. The fourth-order valence-corrected chi connectivity index (χ4v) is 0.992.